The number of rotatable bonds is 6. The normalized spacial score (nSPS) is 18.6. The minimum absolute atomic E-state index is 0.0285. The Labute approximate surface area is 138 Å². The summed E-state index contributed by atoms with van der Waals surface area (Å²) >= 11 is 0. The monoisotopic (exact) mass is 317 g/mol. The maximum absolute atomic E-state index is 12.7. The highest BCUT2D eigenvalue weighted by molar-refractivity contribution is 5.95. The molecule has 1 heterocycles. The highest BCUT2D eigenvalue weighted by Crippen LogP contribution is 2.25. The lowest BCUT2D eigenvalue weighted by Gasteiger charge is -2.26. The molecule has 1 saturated heterocycles. The van der Waals surface area contributed by atoms with Crippen molar-refractivity contribution in [3.05, 3.63) is 41.5 Å². The van der Waals surface area contributed by atoms with Crippen molar-refractivity contribution in [1.82, 2.24) is 4.90 Å². The van der Waals surface area contributed by atoms with E-state index in [1.165, 1.54) is 5.57 Å². The topological polar surface area (TPSA) is 49.8 Å². The molecule has 1 aliphatic rings. The average molecular weight is 317 g/mol. The second-order valence-corrected chi connectivity index (χ2v) is 6.50. The van der Waals surface area contributed by atoms with Crippen molar-refractivity contribution >= 4 is 5.91 Å². The highest BCUT2D eigenvalue weighted by Gasteiger charge is 2.30. The third-order valence-electron chi connectivity index (χ3n) is 4.07. The van der Waals surface area contributed by atoms with Gasteiger partial charge in [-0.3, -0.25) is 4.79 Å². The van der Waals surface area contributed by atoms with Gasteiger partial charge in [0.2, 0.25) is 0 Å². The van der Waals surface area contributed by atoms with Crippen molar-refractivity contribution in [1.29, 1.82) is 0 Å². The lowest BCUT2D eigenvalue weighted by atomic mass is 10.1. The summed E-state index contributed by atoms with van der Waals surface area (Å²) < 4.78 is 5.67. The first-order valence-corrected chi connectivity index (χ1v) is 8.32. The van der Waals surface area contributed by atoms with Crippen LogP contribution in [-0.4, -0.2) is 41.2 Å². The molecule has 2 rings (SSSR count). The Balaban J connectivity index is 2.05. The number of aliphatic hydroxyl groups excluding tert-OH is 1. The van der Waals surface area contributed by atoms with E-state index in [9.17, 15) is 9.90 Å². The van der Waals surface area contributed by atoms with Crippen LogP contribution in [0, 0.1) is 0 Å². The van der Waals surface area contributed by atoms with Gasteiger partial charge in [0.05, 0.1) is 6.10 Å². The van der Waals surface area contributed by atoms with Gasteiger partial charge in [-0.25, -0.2) is 0 Å². The van der Waals surface area contributed by atoms with Gasteiger partial charge in [-0.2, -0.15) is 0 Å². The first kappa shape index (κ1) is 17.5. The molecule has 126 valence electrons. The molecule has 1 N–H and O–H groups in total. The van der Waals surface area contributed by atoms with Crippen LogP contribution in [0.25, 0.3) is 0 Å². The minimum Gasteiger partial charge on any atom is -0.490 e. The van der Waals surface area contributed by atoms with Crippen LogP contribution < -0.4 is 4.74 Å². The zero-order valence-electron chi connectivity index (χ0n) is 14.3. The summed E-state index contributed by atoms with van der Waals surface area (Å²) in [4.78, 5) is 14.6. The van der Waals surface area contributed by atoms with E-state index in [1.807, 2.05) is 43.0 Å². The molecule has 4 nitrogen and oxygen atoms in total. The maximum Gasteiger partial charge on any atom is 0.254 e. The number of aliphatic hydroxyl groups is 1. The number of benzene rings is 1. The Kier molecular flexibility index (Phi) is 6.22. The maximum atomic E-state index is 12.7. The molecule has 0 radical (unpaired) electrons. The molecule has 0 bridgehead atoms. The zero-order valence-corrected chi connectivity index (χ0v) is 14.3. The van der Waals surface area contributed by atoms with Crippen LogP contribution in [0.5, 0.6) is 5.75 Å². The van der Waals surface area contributed by atoms with Crippen LogP contribution in [0.3, 0.4) is 0 Å². The fourth-order valence-electron chi connectivity index (χ4n) is 2.93. The molecule has 0 saturated carbocycles. The second-order valence-electron chi connectivity index (χ2n) is 6.50. The first-order valence-electron chi connectivity index (χ1n) is 8.32. The van der Waals surface area contributed by atoms with E-state index in [0.717, 1.165) is 19.4 Å². The van der Waals surface area contributed by atoms with E-state index in [4.69, 9.17) is 4.74 Å². The molecule has 0 aromatic heterocycles. The lowest BCUT2D eigenvalue weighted by Crippen LogP contribution is -2.37. The number of hydrogen-bond donors (Lipinski definition) is 1. The average Bonchev–Trinajstić information content (AvgIpc) is 2.93. The van der Waals surface area contributed by atoms with Crippen molar-refractivity contribution in [3.63, 3.8) is 0 Å². The Bertz CT molecular complexity index is 561. The summed E-state index contributed by atoms with van der Waals surface area (Å²) in [5, 5.41) is 9.61. The second kappa shape index (κ2) is 8.16. The van der Waals surface area contributed by atoms with Crippen molar-refractivity contribution in [2.45, 2.75) is 52.2 Å². The molecule has 23 heavy (non-hydrogen) atoms. The minimum atomic E-state index is -0.382. The van der Waals surface area contributed by atoms with Gasteiger partial charge in [-0.05, 0) is 64.3 Å². The molecule has 1 aromatic carbocycles. The standard InChI is InChI=1S/C19H27NO3/c1-14(2)9-11-23-18-8-4-6-16(13-18)19(22)20-10-5-7-17(20)12-15(3)21/h4,6,8-9,13,15,17,21H,5,7,10-12H2,1-3H3. The van der Waals surface area contributed by atoms with E-state index in [2.05, 4.69) is 0 Å². The fraction of sp³-hybridized carbons (Fsp3) is 0.526. The SMILES string of the molecule is CC(C)=CCOc1cccc(C(=O)N2CCCC2CC(C)O)c1. The van der Waals surface area contributed by atoms with E-state index in [0.29, 0.717) is 24.3 Å². The van der Waals surface area contributed by atoms with E-state index in [1.54, 1.807) is 13.0 Å². The summed E-state index contributed by atoms with van der Waals surface area (Å²) in [5.41, 5.74) is 1.85. The van der Waals surface area contributed by atoms with Gasteiger partial charge in [0.15, 0.2) is 0 Å². The number of allylic oxidation sites excluding steroid dienone is 1. The van der Waals surface area contributed by atoms with E-state index >= 15 is 0 Å². The number of ether oxygens (including phenoxy) is 1. The number of nitrogens with zero attached hydrogens (tertiary/aromatic N) is 1. The quantitative estimate of drug-likeness (QED) is 0.818. The van der Waals surface area contributed by atoms with Crippen LogP contribution in [0.1, 0.15) is 50.4 Å². The summed E-state index contributed by atoms with van der Waals surface area (Å²) in [7, 11) is 0. The highest BCUT2D eigenvalue weighted by atomic mass is 16.5. The van der Waals surface area contributed by atoms with Gasteiger partial charge in [0, 0.05) is 18.2 Å². The molecule has 0 aliphatic carbocycles. The van der Waals surface area contributed by atoms with Crippen molar-refractivity contribution < 1.29 is 14.6 Å². The first-order chi connectivity index (χ1) is 11.0. The Morgan fingerprint density at radius 2 is 2.26 bits per heavy atom. The van der Waals surface area contributed by atoms with Gasteiger partial charge in [-0.15, -0.1) is 0 Å². The molecular weight excluding hydrogens is 290 g/mol. The number of amides is 1. The van der Waals surface area contributed by atoms with Crippen molar-refractivity contribution in [2.24, 2.45) is 0 Å². The Morgan fingerprint density at radius 1 is 1.48 bits per heavy atom. The molecule has 4 heteroatoms. The van der Waals surface area contributed by atoms with Crippen molar-refractivity contribution in [2.75, 3.05) is 13.2 Å². The Hall–Kier alpha value is -1.81. The van der Waals surface area contributed by atoms with E-state index < -0.39 is 0 Å². The molecule has 2 unspecified atom stereocenters. The number of carbonyl (C=O) groups excluding carboxylic acids is 1. The largest absolute Gasteiger partial charge is 0.490 e. The molecule has 1 aromatic rings. The van der Waals surface area contributed by atoms with Gasteiger partial charge in [0.25, 0.3) is 5.91 Å². The lowest BCUT2D eigenvalue weighted by molar-refractivity contribution is 0.0681. The number of likely N-dealkylation sites (tertiary alicyclic amines) is 1. The zero-order chi connectivity index (χ0) is 16.8. The number of hydrogen-bond acceptors (Lipinski definition) is 3. The summed E-state index contributed by atoms with van der Waals surface area (Å²) in [5.74, 6) is 0.737. The van der Waals surface area contributed by atoms with Gasteiger partial charge in [-0.1, -0.05) is 11.6 Å². The van der Waals surface area contributed by atoms with Gasteiger partial charge >= 0.3 is 0 Å². The molecular formula is C19H27NO3. The smallest absolute Gasteiger partial charge is 0.254 e. The third kappa shape index (κ3) is 5.10. The van der Waals surface area contributed by atoms with Crippen LogP contribution in [-0.2, 0) is 0 Å². The van der Waals surface area contributed by atoms with Gasteiger partial charge < -0.3 is 14.7 Å². The van der Waals surface area contributed by atoms with Crippen LogP contribution in [0.2, 0.25) is 0 Å². The summed E-state index contributed by atoms with van der Waals surface area (Å²) in [6.07, 6.45) is 4.23. The third-order valence-corrected chi connectivity index (χ3v) is 4.07. The molecule has 2 atom stereocenters. The van der Waals surface area contributed by atoms with Crippen molar-refractivity contribution in [3.8, 4) is 5.75 Å². The van der Waals surface area contributed by atoms with Crippen LogP contribution >= 0.6 is 0 Å². The van der Waals surface area contributed by atoms with Crippen LogP contribution in [0.15, 0.2) is 35.9 Å². The summed E-state index contributed by atoms with van der Waals surface area (Å²) in [6, 6.07) is 7.49. The van der Waals surface area contributed by atoms with Gasteiger partial charge in [0.1, 0.15) is 12.4 Å². The predicted molar refractivity (Wildman–Crippen MR) is 91.7 cm³/mol. The van der Waals surface area contributed by atoms with Crippen LogP contribution in [0.4, 0.5) is 0 Å². The fourth-order valence-corrected chi connectivity index (χ4v) is 2.93. The molecule has 1 amide bonds. The molecule has 1 fully saturated rings. The Morgan fingerprint density at radius 3 is 2.96 bits per heavy atom. The summed E-state index contributed by atoms with van der Waals surface area (Å²) in [6.45, 7) is 7.10. The van der Waals surface area contributed by atoms with E-state index in [-0.39, 0.29) is 18.1 Å². The molecule has 1 aliphatic heterocycles. The molecule has 0 spiro atoms. The number of carbonyl (C=O) groups is 1. The predicted octanol–water partition coefficient (Wildman–Crippen LogP) is 3.41.